The summed E-state index contributed by atoms with van der Waals surface area (Å²) in [5.74, 6) is 0.288. The van der Waals surface area contributed by atoms with Crippen molar-refractivity contribution in [2.45, 2.75) is 17.4 Å². The number of rotatable bonds is 7. The lowest BCUT2D eigenvalue weighted by molar-refractivity contribution is 0.170. The molecule has 0 saturated carbocycles. The number of sulfone groups is 1. The largest absolute Gasteiger partial charge is 0.396 e. The van der Waals surface area contributed by atoms with Gasteiger partial charge < -0.3 is 15.2 Å². The number of pyridine rings is 1. The van der Waals surface area contributed by atoms with Crippen LogP contribution in [0.15, 0.2) is 23.2 Å². The second-order valence-corrected chi connectivity index (χ2v) is 5.92. The first-order chi connectivity index (χ1) is 8.49. The van der Waals surface area contributed by atoms with Crippen molar-refractivity contribution in [3.8, 4) is 0 Å². The summed E-state index contributed by atoms with van der Waals surface area (Å²) in [7, 11) is -1.79. The maximum Gasteiger partial charge on any atom is 0.179 e. The fourth-order valence-electron chi connectivity index (χ4n) is 1.55. The number of ether oxygens (including phenoxy) is 1. The maximum atomic E-state index is 11.6. The van der Waals surface area contributed by atoms with Crippen LogP contribution in [0.5, 0.6) is 0 Å². The molecule has 1 aromatic rings. The van der Waals surface area contributed by atoms with Crippen LogP contribution in [0.2, 0.25) is 0 Å². The van der Waals surface area contributed by atoms with Crippen molar-refractivity contribution in [1.82, 2.24) is 4.98 Å². The van der Waals surface area contributed by atoms with Crippen molar-refractivity contribution in [3.63, 3.8) is 0 Å². The van der Waals surface area contributed by atoms with E-state index in [0.29, 0.717) is 13.0 Å². The zero-order chi connectivity index (χ0) is 13.6. The summed E-state index contributed by atoms with van der Waals surface area (Å²) in [6.07, 6.45) is 3.10. The third-order valence-corrected chi connectivity index (χ3v) is 3.48. The highest BCUT2D eigenvalue weighted by molar-refractivity contribution is 7.90. The van der Waals surface area contributed by atoms with E-state index in [1.54, 1.807) is 13.2 Å². The van der Waals surface area contributed by atoms with E-state index in [1.807, 2.05) is 0 Å². The standard InChI is InChI=1S/C11H18N2O4S/c1-17-8-9(5-7-14)13-11-10(18(2,15)16)4-3-6-12-11/h3-4,6,9,14H,5,7-8H2,1-2H3,(H,12,13). The van der Waals surface area contributed by atoms with Crippen molar-refractivity contribution in [2.24, 2.45) is 0 Å². The van der Waals surface area contributed by atoms with Crippen molar-refractivity contribution in [1.29, 1.82) is 0 Å². The van der Waals surface area contributed by atoms with Gasteiger partial charge in [-0.05, 0) is 18.6 Å². The number of methoxy groups -OCH3 is 1. The molecule has 0 spiro atoms. The van der Waals surface area contributed by atoms with Crippen LogP contribution in [-0.2, 0) is 14.6 Å². The van der Waals surface area contributed by atoms with Crippen molar-refractivity contribution in [2.75, 3.05) is 31.9 Å². The Bertz CT molecular complexity index is 470. The van der Waals surface area contributed by atoms with Crippen molar-refractivity contribution < 1.29 is 18.3 Å². The first-order valence-electron chi connectivity index (χ1n) is 5.50. The van der Waals surface area contributed by atoms with Crippen LogP contribution >= 0.6 is 0 Å². The van der Waals surface area contributed by atoms with Crippen LogP contribution < -0.4 is 5.32 Å². The molecule has 0 fully saturated rings. The molecule has 1 unspecified atom stereocenters. The number of hydrogen-bond acceptors (Lipinski definition) is 6. The summed E-state index contributed by atoms with van der Waals surface area (Å²) < 4.78 is 28.2. The molecular weight excluding hydrogens is 256 g/mol. The topological polar surface area (TPSA) is 88.5 Å². The molecule has 2 N–H and O–H groups in total. The van der Waals surface area contributed by atoms with Gasteiger partial charge in [0.25, 0.3) is 0 Å². The van der Waals surface area contributed by atoms with Crippen LogP contribution in [0.1, 0.15) is 6.42 Å². The van der Waals surface area contributed by atoms with E-state index in [9.17, 15) is 8.42 Å². The van der Waals surface area contributed by atoms with E-state index < -0.39 is 9.84 Å². The molecule has 6 nitrogen and oxygen atoms in total. The molecule has 0 bridgehead atoms. The van der Waals surface area contributed by atoms with E-state index in [4.69, 9.17) is 9.84 Å². The Morgan fingerprint density at radius 2 is 2.28 bits per heavy atom. The quantitative estimate of drug-likeness (QED) is 0.743. The van der Waals surface area contributed by atoms with Gasteiger partial charge in [0.1, 0.15) is 10.7 Å². The molecule has 0 aromatic carbocycles. The van der Waals surface area contributed by atoms with Crippen LogP contribution in [0, 0.1) is 0 Å². The maximum absolute atomic E-state index is 11.6. The van der Waals surface area contributed by atoms with E-state index in [1.165, 1.54) is 12.3 Å². The zero-order valence-corrected chi connectivity index (χ0v) is 11.3. The van der Waals surface area contributed by atoms with Gasteiger partial charge in [-0.25, -0.2) is 13.4 Å². The molecule has 102 valence electrons. The summed E-state index contributed by atoms with van der Waals surface area (Å²) >= 11 is 0. The van der Waals surface area contributed by atoms with Gasteiger partial charge in [-0.2, -0.15) is 0 Å². The minimum Gasteiger partial charge on any atom is -0.396 e. The molecule has 0 saturated heterocycles. The van der Waals surface area contributed by atoms with E-state index in [-0.39, 0.29) is 23.4 Å². The molecule has 1 atom stereocenters. The SMILES string of the molecule is COCC(CCO)Nc1ncccc1S(C)(=O)=O. The fraction of sp³-hybridized carbons (Fsp3) is 0.545. The first kappa shape index (κ1) is 14.9. The molecule has 0 aliphatic heterocycles. The molecule has 1 rings (SSSR count). The van der Waals surface area contributed by atoms with Gasteiger partial charge in [-0.3, -0.25) is 0 Å². The number of nitrogens with one attached hydrogen (secondary N) is 1. The van der Waals surface area contributed by atoms with E-state index >= 15 is 0 Å². The molecule has 18 heavy (non-hydrogen) atoms. The number of hydrogen-bond donors (Lipinski definition) is 2. The van der Waals surface area contributed by atoms with Crippen molar-refractivity contribution >= 4 is 15.7 Å². The average molecular weight is 274 g/mol. The lowest BCUT2D eigenvalue weighted by Crippen LogP contribution is -2.27. The predicted octanol–water partition coefficient (Wildman–Crippen LogP) is 0.294. The Morgan fingerprint density at radius 3 is 2.83 bits per heavy atom. The number of aliphatic hydroxyl groups excluding tert-OH is 1. The van der Waals surface area contributed by atoms with Gasteiger partial charge in [0.15, 0.2) is 9.84 Å². The first-order valence-corrected chi connectivity index (χ1v) is 7.39. The Morgan fingerprint density at radius 1 is 1.56 bits per heavy atom. The summed E-state index contributed by atoms with van der Waals surface area (Å²) in [4.78, 5) is 4.16. The lowest BCUT2D eigenvalue weighted by atomic mass is 10.2. The van der Waals surface area contributed by atoms with Gasteiger partial charge >= 0.3 is 0 Å². The van der Waals surface area contributed by atoms with Gasteiger partial charge in [0.2, 0.25) is 0 Å². The van der Waals surface area contributed by atoms with E-state index in [0.717, 1.165) is 6.26 Å². The highest BCUT2D eigenvalue weighted by Crippen LogP contribution is 2.19. The summed E-state index contributed by atoms with van der Waals surface area (Å²) in [6.45, 7) is 0.350. The monoisotopic (exact) mass is 274 g/mol. The van der Waals surface area contributed by atoms with Crippen LogP contribution in [-0.4, -0.2) is 51.1 Å². The molecule has 1 aromatic heterocycles. The minimum atomic E-state index is -3.34. The highest BCUT2D eigenvalue weighted by Gasteiger charge is 2.17. The molecule has 1 heterocycles. The number of anilines is 1. The fourth-order valence-corrected chi connectivity index (χ4v) is 2.33. The van der Waals surface area contributed by atoms with Gasteiger partial charge in [0.05, 0.1) is 12.6 Å². The number of nitrogens with zero attached hydrogens (tertiary/aromatic N) is 1. The Kier molecular flexibility index (Phi) is 5.52. The molecule has 0 aliphatic carbocycles. The molecule has 7 heteroatoms. The summed E-state index contributed by atoms with van der Waals surface area (Å²) in [5, 5.41) is 11.9. The van der Waals surface area contributed by atoms with Gasteiger partial charge in [0, 0.05) is 26.2 Å². The highest BCUT2D eigenvalue weighted by atomic mass is 32.2. The smallest absolute Gasteiger partial charge is 0.179 e. The van der Waals surface area contributed by atoms with Crippen LogP contribution in [0.25, 0.3) is 0 Å². The second kappa shape index (κ2) is 6.67. The molecule has 0 aliphatic rings. The van der Waals surface area contributed by atoms with Crippen molar-refractivity contribution in [3.05, 3.63) is 18.3 Å². The zero-order valence-electron chi connectivity index (χ0n) is 10.5. The Balaban J connectivity index is 2.95. The third-order valence-electron chi connectivity index (χ3n) is 2.36. The van der Waals surface area contributed by atoms with Crippen LogP contribution in [0.4, 0.5) is 5.82 Å². The van der Waals surface area contributed by atoms with Crippen LogP contribution in [0.3, 0.4) is 0 Å². The Labute approximate surface area is 107 Å². The summed E-state index contributed by atoms with van der Waals surface area (Å²) in [6, 6.07) is 2.88. The summed E-state index contributed by atoms with van der Waals surface area (Å²) in [5.41, 5.74) is 0. The predicted molar refractivity (Wildman–Crippen MR) is 68.3 cm³/mol. The average Bonchev–Trinajstić information content (AvgIpc) is 2.29. The normalized spacial score (nSPS) is 13.3. The molecule has 0 amide bonds. The van der Waals surface area contributed by atoms with Gasteiger partial charge in [-0.1, -0.05) is 0 Å². The lowest BCUT2D eigenvalue weighted by Gasteiger charge is -2.18. The van der Waals surface area contributed by atoms with E-state index in [2.05, 4.69) is 10.3 Å². The number of aliphatic hydroxyl groups is 1. The third kappa shape index (κ3) is 4.25. The van der Waals surface area contributed by atoms with Gasteiger partial charge in [-0.15, -0.1) is 0 Å². The molecule has 0 radical (unpaired) electrons. The Hall–Kier alpha value is -1.18. The molecular formula is C11H18N2O4S. The number of aromatic nitrogens is 1. The second-order valence-electron chi connectivity index (χ2n) is 3.93. The minimum absolute atomic E-state index is 0.0118.